The first kappa shape index (κ1) is 52.3. The van der Waals surface area contributed by atoms with E-state index in [-0.39, 0.29) is 39.0 Å². The lowest BCUT2D eigenvalue weighted by Crippen LogP contribution is -2.52. The van der Waals surface area contributed by atoms with Crippen LogP contribution in [0.3, 0.4) is 0 Å². The number of aliphatic hydroxyl groups is 1. The van der Waals surface area contributed by atoms with Crippen molar-refractivity contribution in [1.82, 2.24) is 4.98 Å². The average molecular weight is 839 g/mol. The molecule has 0 radical (unpaired) electrons. The maximum absolute atomic E-state index is 14.4. The van der Waals surface area contributed by atoms with Crippen LogP contribution in [-0.2, 0) is 18.1 Å². The molecular formula is C45H87NO5SSi3. The highest BCUT2D eigenvalue weighted by molar-refractivity contribution is 7.09. The first-order chi connectivity index (χ1) is 24.6. The van der Waals surface area contributed by atoms with Gasteiger partial charge in [-0.1, -0.05) is 102 Å². The number of aliphatic hydroxyl groups excluding tert-OH is 1. The van der Waals surface area contributed by atoms with Gasteiger partial charge in [0.25, 0.3) is 0 Å². The van der Waals surface area contributed by atoms with Gasteiger partial charge in [0.1, 0.15) is 5.78 Å². The summed E-state index contributed by atoms with van der Waals surface area (Å²) in [6, 6.07) is 0. The Morgan fingerprint density at radius 2 is 1.35 bits per heavy atom. The van der Waals surface area contributed by atoms with E-state index in [2.05, 4.69) is 145 Å². The van der Waals surface area contributed by atoms with Crippen LogP contribution in [0.25, 0.3) is 6.08 Å². The number of carbonyl (C=O) groups is 1. The van der Waals surface area contributed by atoms with E-state index in [1.165, 1.54) is 11.1 Å². The molecule has 0 bridgehead atoms. The van der Waals surface area contributed by atoms with Gasteiger partial charge in [0, 0.05) is 23.3 Å². The number of rotatable bonds is 21. The summed E-state index contributed by atoms with van der Waals surface area (Å²) in [5.74, 6) is -0.438. The highest BCUT2D eigenvalue weighted by atomic mass is 32.1. The molecular weight excluding hydrogens is 751 g/mol. The summed E-state index contributed by atoms with van der Waals surface area (Å²) in [4.78, 5) is 19.1. The highest BCUT2D eigenvalue weighted by Crippen LogP contribution is 2.43. The van der Waals surface area contributed by atoms with Crippen molar-refractivity contribution < 1.29 is 23.2 Å². The Hall–Kier alpha value is -0.729. The van der Waals surface area contributed by atoms with Gasteiger partial charge in [-0.25, -0.2) is 4.98 Å². The lowest BCUT2D eigenvalue weighted by Gasteiger charge is -2.45. The Balaban J connectivity index is 3.07. The van der Waals surface area contributed by atoms with Crippen molar-refractivity contribution in [2.24, 2.45) is 17.3 Å². The Bertz CT molecular complexity index is 1420. The molecule has 5 atom stereocenters. The van der Waals surface area contributed by atoms with E-state index < -0.39 is 42.4 Å². The van der Waals surface area contributed by atoms with Crippen LogP contribution >= 0.6 is 11.3 Å². The quantitative estimate of drug-likeness (QED) is 0.0981. The van der Waals surface area contributed by atoms with Gasteiger partial charge in [0.05, 0.1) is 29.0 Å². The monoisotopic (exact) mass is 838 g/mol. The number of ketones is 1. The Kier molecular flexibility index (Phi) is 19.0. The van der Waals surface area contributed by atoms with Crippen molar-refractivity contribution in [3.05, 3.63) is 33.3 Å². The fraction of sp³-hybridized carbons (Fsp3) is 0.822. The van der Waals surface area contributed by atoms with Crippen LogP contribution < -0.4 is 0 Å². The van der Waals surface area contributed by atoms with Crippen LogP contribution in [0.4, 0.5) is 0 Å². The summed E-state index contributed by atoms with van der Waals surface area (Å²) in [6.45, 7) is 49.1. The molecule has 0 saturated heterocycles. The zero-order valence-electron chi connectivity index (χ0n) is 39.8. The fourth-order valence-corrected chi connectivity index (χ4v) is 10.5. The summed E-state index contributed by atoms with van der Waals surface area (Å²) >= 11 is 1.67. The summed E-state index contributed by atoms with van der Waals surface area (Å²) in [5, 5.41) is 15.0. The SMILES string of the molecule is CC(=CCC(O[Si](C)(C)C(C)(C)C)C(C)=Cc1csc(C)n1)CCCC(C)C(O)C(C)C(=O)C(C)(C)C(CCO[Si](C)(C)C(C)(C)C)O[Si](C)(C)C(C)(C)C. The first-order valence-electron chi connectivity index (χ1n) is 21.1. The van der Waals surface area contributed by atoms with Crippen molar-refractivity contribution >= 4 is 48.1 Å². The normalized spacial score (nSPS) is 17.6. The molecule has 0 aliphatic carbocycles. The van der Waals surface area contributed by atoms with Crippen LogP contribution in [-0.4, -0.2) is 65.7 Å². The van der Waals surface area contributed by atoms with Crippen LogP contribution in [0.1, 0.15) is 147 Å². The van der Waals surface area contributed by atoms with Crippen LogP contribution in [0.2, 0.25) is 54.4 Å². The number of aryl methyl sites for hydroxylation is 1. The number of nitrogens with zero attached hydrogens (tertiary/aromatic N) is 1. The third-order valence-corrected chi connectivity index (χ3v) is 27.8. The number of allylic oxidation sites excluding steroid dienone is 1. The highest BCUT2D eigenvalue weighted by Gasteiger charge is 2.48. The molecule has 0 aromatic carbocycles. The molecule has 1 aromatic rings. The molecule has 0 aliphatic rings. The van der Waals surface area contributed by atoms with Crippen molar-refractivity contribution in [1.29, 1.82) is 0 Å². The molecule has 55 heavy (non-hydrogen) atoms. The van der Waals surface area contributed by atoms with E-state index in [9.17, 15) is 9.90 Å². The molecule has 320 valence electrons. The number of Topliss-reactive ketones (excluding diaryl/α,β-unsaturated/α-hetero) is 1. The minimum atomic E-state index is -2.20. The van der Waals surface area contributed by atoms with Gasteiger partial charge in [-0.05, 0) is 125 Å². The predicted molar refractivity (Wildman–Crippen MR) is 248 cm³/mol. The third kappa shape index (κ3) is 15.4. The predicted octanol–water partition coefficient (Wildman–Crippen LogP) is 13.8. The van der Waals surface area contributed by atoms with Gasteiger partial charge in [0.15, 0.2) is 25.0 Å². The molecule has 1 heterocycles. The Morgan fingerprint density at radius 3 is 1.82 bits per heavy atom. The molecule has 0 amide bonds. The van der Waals surface area contributed by atoms with E-state index in [0.717, 1.165) is 36.4 Å². The summed E-state index contributed by atoms with van der Waals surface area (Å²) in [5.41, 5.74) is 2.76. The second kappa shape index (κ2) is 20.0. The van der Waals surface area contributed by atoms with Crippen molar-refractivity contribution in [2.75, 3.05) is 6.61 Å². The van der Waals surface area contributed by atoms with E-state index in [4.69, 9.17) is 13.3 Å². The van der Waals surface area contributed by atoms with Gasteiger partial charge in [-0.3, -0.25) is 4.79 Å². The molecule has 0 saturated carbocycles. The van der Waals surface area contributed by atoms with Gasteiger partial charge >= 0.3 is 0 Å². The second-order valence-corrected chi connectivity index (χ2v) is 37.2. The molecule has 0 spiro atoms. The largest absolute Gasteiger partial charge is 0.417 e. The standard InChI is InChI=1S/C45H87NO5SSi3/c1-32(26-27-38(50-54(19,20)43(9,10)11)34(3)30-37-31-52-36(5)46-37)24-23-25-33(2)40(47)35(4)41(48)45(15,16)39(51-55(21,22)44(12,13)14)28-29-49-53(17,18)42(6,7)8/h26,30-31,33,35,38-40,47H,23-25,27-29H2,1-22H3. The number of hydrogen-bond acceptors (Lipinski definition) is 7. The minimum absolute atomic E-state index is 0.00290. The van der Waals surface area contributed by atoms with Gasteiger partial charge < -0.3 is 18.4 Å². The van der Waals surface area contributed by atoms with E-state index in [1.54, 1.807) is 11.3 Å². The summed E-state index contributed by atoms with van der Waals surface area (Å²) < 4.78 is 20.6. The summed E-state index contributed by atoms with van der Waals surface area (Å²) in [7, 11) is -6.17. The van der Waals surface area contributed by atoms with E-state index >= 15 is 0 Å². The smallest absolute Gasteiger partial charge is 0.192 e. The number of thiazole rings is 1. The lowest BCUT2D eigenvalue weighted by molar-refractivity contribution is -0.141. The van der Waals surface area contributed by atoms with Crippen molar-refractivity contribution in [3.63, 3.8) is 0 Å². The maximum atomic E-state index is 14.4. The zero-order valence-corrected chi connectivity index (χ0v) is 43.6. The third-order valence-electron chi connectivity index (χ3n) is 13.5. The number of aromatic nitrogens is 1. The van der Waals surface area contributed by atoms with Crippen LogP contribution in [0.15, 0.2) is 22.6 Å². The molecule has 0 aliphatic heterocycles. The molecule has 1 rings (SSSR count). The molecule has 6 nitrogen and oxygen atoms in total. The number of carbonyl (C=O) groups excluding carboxylic acids is 1. The van der Waals surface area contributed by atoms with Gasteiger partial charge in [0.2, 0.25) is 0 Å². The van der Waals surface area contributed by atoms with E-state index in [0.29, 0.717) is 13.0 Å². The Labute approximate surface area is 347 Å². The summed E-state index contributed by atoms with van der Waals surface area (Å²) in [6.07, 6.45) is 7.73. The number of hydrogen-bond donors (Lipinski definition) is 1. The lowest BCUT2D eigenvalue weighted by atomic mass is 9.73. The second-order valence-electron chi connectivity index (χ2n) is 21.8. The maximum Gasteiger partial charge on any atom is 0.192 e. The molecule has 5 unspecified atom stereocenters. The van der Waals surface area contributed by atoms with Crippen molar-refractivity contribution in [3.8, 4) is 0 Å². The van der Waals surface area contributed by atoms with E-state index in [1.807, 2.05) is 27.7 Å². The Morgan fingerprint density at radius 1 is 0.836 bits per heavy atom. The van der Waals surface area contributed by atoms with Crippen LogP contribution in [0, 0.1) is 24.2 Å². The molecule has 1 N–H and O–H groups in total. The van der Waals surface area contributed by atoms with Crippen molar-refractivity contribution in [2.45, 2.75) is 216 Å². The van der Waals surface area contributed by atoms with Crippen LogP contribution in [0.5, 0.6) is 0 Å². The molecule has 0 fully saturated rings. The zero-order chi connectivity index (χ0) is 43.2. The fourth-order valence-electron chi connectivity index (χ4n) is 6.05. The first-order valence-corrected chi connectivity index (χ1v) is 30.7. The minimum Gasteiger partial charge on any atom is -0.417 e. The topological polar surface area (TPSA) is 77.9 Å². The van der Waals surface area contributed by atoms with Gasteiger partial charge in [-0.2, -0.15) is 0 Å². The molecule has 10 heteroatoms. The molecule has 1 aromatic heterocycles. The average Bonchev–Trinajstić information content (AvgIpc) is 3.43. The van der Waals surface area contributed by atoms with Gasteiger partial charge in [-0.15, -0.1) is 11.3 Å².